The summed E-state index contributed by atoms with van der Waals surface area (Å²) in [6.07, 6.45) is -2.26. The maximum Gasteiger partial charge on any atom is 0.416 e. The van der Waals surface area contributed by atoms with E-state index in [1.807, 2.05) is 12.1 Å². The molecule has 6 nitrogen and oxygen atoms in total. The summed E-state index contributed by atoms with van der Waals surface area (Å²) < 4.78 is 42.9. The summed E-state index contributed by atoms with van der Waals surface area (Å²) in [6.45, 7) is 0.132. The highest BCUT2D eigenvalue weighted by Crippen LogP contribution is 2.37. The minimum Gasteiger partial charge on any atom is -0.272 e. The lowest BCUT2D eigenvalue weighted by Crippen LogP contribution is -2.27. The zero-order valence-corrected chi connectivity index (χ0v) is 18.1. The Labute approximate surface area is 192 Å². The summed E-state index contributed by atoms with van der Waals surface area (Å²) in [7, 11) is 0. The Morgan fingerprint density at radius 3 is 2.39 bits per heavy atom. The van der Waals surface area contributed by atoms with Gasteiger partial charge < -0.3 is 0 Å². The fraction of sp³-hybridized carbons (Fsp3) is 0.304. The van der Waals surface area contributed by atoms with Crippen LogP contribution >= 0.6 is 11.6 Å². The lowest BCUT2D eigenvalue weighted by molar-refractivity contribution is -0.138. The number of nitrogens with zero attached hydrogens (tertiary/aromatic N) is 5. The molecule has 1 aliphatic carbocycles. The minimum absolute atomic E-state index is 0.0458. The van der Waals surface area contributed by atoms with Gasteiger partial charge in [0.2, 0.25) is 0 Å². The van der Waals surface area contributed by atoms with E-state index in [9.17, 15) is 18.0 Å². The topological polar surface area (TPSA) is 64.5 Å². The van der Waals surface area contributed by atoms with E-state index >= 15 is 0 Å². The lowest BCUT2D eigenvalue weighted by atomic mass is 9.99. The second-order valence-corrected chi connectivity index (χ2v) is 8.65. The Morgan fingerprint density at radius 1 is 1.00 bits per heavy atom. The van der Waals surface area contributed by atoms with Crippen LogP contribution in [0.5, 0.6) is 0 Å². The summed E-state index contributed by atoms with van der Waals surface area (Å²) in [5.74, 6) is 0.568. The van der Waals surface area contributed by atoms with Gasteiger partial charge in [-0.3, -0.25) is 4.57 Å². The molecule has 5 rings (SSSR count). The Kier molecular flexibility index (Phi) is 5.44. The van der Waals surface area contributed by atoms with Gasteiger partial charge in [0.05, 0.1) is 23.5 Å². The summed E-state index contributed by atoms with van der Waals surface area (Å²) in [5, 5.41) is 13.3. The smallest absolute Gasteiger partial charge is 0.272 e. The standard InChI is InChI=1S/C23H19ClF3N5O/c24-16-7-5-14(6-8-16)21-30-31(22(33)32(21)19-9-10-19)13-18-12-17(28-29-18)11-15-3-1-2-4-20(15)23(25,26)27/h1-8,19H,9-13H2. The summed E-state index contributed by atoms with van der Waals surface area (Å²) >= 11 is 5.98. The molecule has 3 aromatic rings. The molecule has 2 aliphatic rings. The second-order valence-electron chi connectivity index (χ2n) is 8.21. The van der Waals surface area contributed by atoms with Crippen molar-refractivity contribution in [2.45, 2.75) is 44.4 Å². The molecular formula is C23H19ClF3N5O. The Balaban J connectivity index is 1.33. The van der Waals surface area contributed by atoms with Gasteiger partial charge in [-0.1, -0.05) is 29.8 Å². The van der Waals surface area contributed by atoms with Crippen LogP contribution in [-0.2, 0) is 19.1 Å². The van der Waals surface area contributed by atoms with E-state index in [1.165, 1.54) is 16.8 Å². The monoisotopic (exact) mass is 473 g/mol. The molecule has 170 valence electrons. The van der Waals surface area contributed by atoms with Gasteiger partial charge in [-0.2, -0.15) is 23.4 Å². The van der Waals surface area contributed by atoms with Gasteiger partial charge in [0, 0.05) is 29.5 Å². The molecule has 0 N–H and O–H groups in total. The average Bonchev–Trinajstić information content (AvgIpc) is 3.43. The van der Waals surface area contributed by atoms with Crippen molar-refractivity contribution in [3.8, 4) is 11.4 Å². The molecule has 0 saturated heterocycles. The van der Waals surface area contributed by atoms with Crippen LogP contribution in [-0.4, -0.2) is 25.8 Å². The molecule has 0 spiro atoms. The van der Waals surface area contributed by atoms with Gasteiger partial charge in [-0.05, 0) is 48.7 Å². The minimum atomic E-state index is -4.43. The van der Waals surface area contributed by atoms with Crippen LogP contribution < -0.4 is 5.69 Å². The lowest BCUT2D eigenvalue weighted by Gasteiger charge is -2.12. The van der Waals surface area contributed by atoms with Crippen molar-refractivity contribution in [2.75, 3.05) is 0 Å². The largest absolute Gasteiger partial charge is 0.416 e. The van der Waals surface area contributed by atoms with E-state index in [0.717, 1.165) is 24.5 Å². The molecule has 10 heteroatoms. The number of aromatic nitrogens is 3. The second kappa shape index (κ2) is 8.30. The highest BCUT2D eigenvalue weighted by molar-refractivity contribution is 6.30. The van der Waals surface area contributed by atoms with Crippen LogP contribution in [0.3, 0.4) is 0 Å². The predicted octanol–water partition coefficient (Wildman–Crippen LogP) is 5.16. The molecule has 1 fully saturated rings. The average molecular weight is 474 g/mol. The van der Waals surface area contributed by atoms with Crippen LogP contribution in [0.4, 0.5) is 13.2 Å². The number of hydrogen-bond donors (Lipinski definition) is 0. The summed E-state index contributed by atoms with van der Waals surface area (Å²) in [6, 6.07) is 12.7. The number of benzene rings is 2. The molecular weight excluding hydrogens is 455 g/mol. The van der Waals surface area contributed by atoms with E-state index in [1.54, 1.807) is 22.8 Å². The van der Waals surface area contributed by atoms with Crippen molar-refractivity contribution in [3.63, 3.8) is 0 Å². The van der Waals surface area contributed by atoms with Crippen molar-refractivity contribution in [1.29, 1.82) is 0 Å². The van der Waals surface area contributed by atoms with Gasteiger partial charge in [0.25, 0.3) is 0 Å². The van der Waals surface area contributed by atoms with Gasteiger partial charge in [0.15, 0.2) is 5.82 Å². The molecule has 0 atom stereocenters. The Bertz CT molecular complexity index is 1320. The first-order valence-corrected chi connectivity index (χ1v) is 10.9. The molecule has 2 heterocycles. The van der Waals surface area contributed by atoms with Crippen LogP contribution in [0.1, 0.15) is 36.4 Å². The summed E-state index contributed by atoms with van der Waals surface area (Å²) in [4.78, 5) is 13.0. The maximum atomic E-state index is 13.3. The van der Waals surface area contributed by atoms with Crippen LogP contribution in [0.2, 0.25) is 5.02 Å². The Hall–Kier alpha value is -3.20. The molecule has 0 amide bonds. The van der Waals surface area contributed by atoms with E-state index in [-0.39, 0.29) is 30.3 Å². The third-order valence-corrected chi connectivity index (χ3v) is 5.93. The molecule has 33 heavy (non-hydrogen) atoms. The molecule has 0 bridgehead atoms. The number of rotatable bonds is 6. The van der Waals surface area contributed by atoms with E-state index < -0.39 is 11.7 Å². The fourth-order valence-electron chi connectivity index (χ4n) is 3.96. The summed E-state index contributed by atoms with van der Waals surface area (Å²) in [5.41, 5.74) is 1.14. The van der Waals surface area contributed by atoms with E-state index in [4.69, 9.17) is 11.6 Å². The molecule has 1 saturated carbocycles. The first-order chi connectivity index (χ1) is 15.8. The molecule has 1 aromatic heterocycles. The molecule has 0 unspecified atom stereocenters. The van der Waals surface area contributed by atoms with Gasteiger partial charge in [-0.25, -0.2) is 9.48 Å². The zero-order valence-electron chi connectivity index (χ0n) is 17.4. The van der Waals surface area contributed by atoms with Gasteiger partial charge in [0.1, 0.15) is 0 Å². The molecule has 1 aliphatic heterocycles. The third-order valence-electron chi connectivity index (χ3n) is 5.68. The van der Waals surface area contributed by atoms with Crippen molar-refractivity contribution in [2.24, 2.45) is 10.2 Å². The van der Waals surface area contributed by atoms with Crippen LogP contribution in [0, 0.1) is 0 Å². The van der Waals surface area contributed by atoms with Crippen LogP contribution in [0.15, 0.2) is 63.5 Å². The van der Waals surface area contributed by atoms with Crippen molar-refractivity contribution < 1.29 is 13.2 Å². The first kappa shape index (κ1) is 21.6. The fourth-order valence-corrected chi connectivity index (χ4v) is 4.08. The number of halogens is 4. The maximum absolute atomic E-state index is 13.3. The normalized spacial score (nSPS) is 16.1. The molecule has 0 radical (unpaired) electrons. The Morgan fingerprint density at radius 2 is 1.70 bits per heavy atom. The zero-order chi connectivity index (χ0) is 23.2. The van der Waals surface area contributed by atoms with Crippen molar-refractivity contribution in [1.82, 2.24) is 14.3 Å². The van der Waals surface area contributed by atoms with Gasteiger partial charge >= 0.3 is 11.9 Å². The van der Waals surface area contributed by atoms with Crippen LogP contribution in [0.25, 0.3) is 11.4 Å². The SMILES string of the molecule is O=c1n(CC2=NN=C(Cc3ccccc3C(F)(F)F)C2)nc(-c2ccc(Cl)cc2)n1C1CC1. The van der Waals surface area contributed by atoms with Gasteiger partial charge in [-0.15, -0.1) is 5.10 Å². The first-order valence-electron chi connectivity index (χ1n) is 10.5. The number of hydrogen-bond acceptors (Lipinski definition) is 4. The van der Waals surface area contributed by atoms with Crippen molar-refractivity contribution >= 4 is 23.0 Å². The van der Waals surface area contributed by atoms with E-state index in [2.05, 4.69) is 15.3 Å². The van der Waals surface area contributed by atoms with Crippen molar-refractivity contribution in [3.05, 3.63) is 75.2 Å². The molecule has 2 aromatic carbocycles. The highest BCUT2D eigenvalue weighted by atomic mass is 35.5. The van der Waals surface area contributed by atoms with E-state index in [0.29, 0.717) is 28.7 Å². The number of alkyl halides is 3. The highest BCUT2D eigenvalue weighted by Gasteiger charge is 2.34. The quantitative estimate of drug-likeness (QED) is 0.496. The predicted molar refractivity (Wildman–Crippen MR) is 120 cm³/mol. The third kappa shape index (κ3) is 4.50.